The largest absolute Gasteiger partial charge is 0.115 e. The highest BCUT2D eigenvalue weighted by Crippen LogP contribution is 2.53. The fraction of sp³-hybridized carbons (Fsp3) is 0.636. The summed E-state index contributed by atoms with van der Waals surface area (Å²) in [6.45, 7) is 13.6. The van der Waals surface area contributed by atoms with Gasteiger partial charge in [-0.15, -0.1) is 23.2 Å². The molecule has 0 saturated heterocycles. The summed E-state index contributed by atoms with van der Waals surface area (Å²) in [6, 6.07) is 0. The van der Waals surface area contributed by atoms with Gasteiger partial charge in [-0.3, -0.25) is 0 Å². The van der Waals surface area contributed by atoms with Crippen molar-refractivity contribution < 1.29 is 0 Å². The fourth-order valence-electron chi connectivity index (χ4n) is 4.25. The van der Waals surface area contributed by atoms with Gasteiger partial charge in [0.1, 0.15) is 8.07 Å². The maximum absolute atomic E-state index is 7.35. The summed E-state index contributed by atoms with van der Waals surface area (Å²) < 4.78 is -0.798. The number of alkyl halides is 2. The summed E-state index contributed by atoms with van der Waals surface area (Å²) in [5.74, 6) is 0. The number of halogens is 2. The Morgan fingerprint density at radius 1 is 0.800 bits per heavy atom. The second-order valence-electron chi connectivity index (χ2n) is 8.35. The molecular weight excluding hydrogens is 363 g/mol. The Hall–Kier alpha value is -0.243. The van der Waals surface area contributed by atoms with E-state index in [2.05, 4.69) is 65.1 Å². The molecule has 0 aromatic heterocycles. The van der Waals surface area contributed by atoms with Crippen molar-refractivity contribution in [2.75, 3.05) is 0 Å². The van der Waals surface area contributed by atoms with E-state index < -0.39 is 17.1 Å². The highest BCUT2D eigenvalue weighted by atomic mass is 35.5. The molecule has 0 fully saturated rings. The molecule has 0 saturated carbocycles. The van der Waals surface area contributed by atoms with Crippen LogP contribution in [0.3, 0.4) is 0 Å². The maximum atomic E-state index is 7.35. The van der Waals surface area contributed by atoms with E-state index in [1.54, 1.807) is 0 Å². The monoisotopic (exact) mass is 396 g/mol. The van der Waals surface area contributed by atoms with Crippen molar-refractivity contribution in [3.05, 3.63) is 46.6 Å². The minimum Gasteiger partial charge on any atom is -0.114 e. The standard InChI is InChI=1S/C22H34Cl2Si/c1-7-9-11-19-13-17(3)21(23,15-19)25(5,6)22(24)16-20(12-10-8-2)14-18(22)4/h13-16H,7-12H2,1-6H3. The van der Waals surface area contributed by atoms with Gasteiger partial charge in [-0.25, -0.2) is 0 Å². The number of hydrogen-bond acceptors (Lipinski definition) is 0. The lowest BCUT2D eigenvalue weighted by Crippen LogP contribution is -2.62. The highest BCUT2D eigenvalue weighted by molar-refractivity contribution is 6.97. The van der Waals surface area contributed by atoms with E-state index in [9.17, 15) is 0 Å². The first kappa shape index (κ1) is 21.1. The third-order valence-corrected chi connectivity index (χ3v) is 14.5. The molecule has 0 amide bonds. The molecule has 2 atom stereocenters. The van der Waals surface area contributed by atoms with Crippen molar-refractivity contribution in [2.45, 2.75) is 88.3 Å². The van der Waals surface area contributed by atoms with Gasteiger partial charge in [-0.1, -0.05) is 86.4 Å². The molecule has 2 aliphatic carbocycles. The van der Waals surface area contributed by atoms with Crippen LogP contribution >= 0.6 is 23.2 Å². The molecule has 2 rings (SSSR count). The molecule has 0 aliphatic heterocycles. The summed E-state index contributed by atoms with van der Waals surface area (Å²) in [5.41, 5.74) is 5.34. The molecule has 3 heteroatoms. The highest BCUT2D eigenvalue weighted by Gasteiger charge is 2.59. The van der Waals surface area contributed by atoms with Crippen molar-refractivity contribution >= 4 is 31.3 Å². The van der Waals surface area contributed by atoms with Gasteiger partial charge in [0.05, 0.1) is 8.99 Å². The Labute approximate surface area is 166 Å². The summed E-state index contributed by atoms with van der Waals surface area (Å²) in [7, 11) is -2.13. The van der Waals surface area contributed by atoms with Gasteiger partial charge < -0.3 is 0 Å². The van der Waals surface area contributed by atoms with Crippen LogP contribution in [-0.2, 0) is 0 Å². The van der Waals surface area contributed by atoms with Crippen LogP contribution in [0.5, 0.6) is 0 Å². The SMILES string of the molecule is CCCCC1=CC(Cl)([Si](C)(C)C2(Cl)C=C(CCCC)C=C2C)C(C)=C1. The van der Waals surface area contributed by atoms with Crippen LogP contribution in [0, 0.1) is 0 Å². The van der Waals surface area contributed by atoms with E-state index in [1.807, 2.05) is 0 Å². The molecule has 0 aromatic rings. The van der Waals surface area contributed by atoms with Gasteiger partial charge in [-0.2, -0.15) is 0 Å². The van der Waals surface area contributed by atoms with Gasteiger partial charge in [-0.05, 0) is 39.5 Å². The summed E-state index contributed by atoms with van der Waals surface area (Å²) in [6.07, 6.45) is 16.4. The predicted octanol–water partition coefficient (Wildman–Crippen LogP) is 7.88. The van der Waals surface area contributed by atoms with Crippen LogP contribution in [-0.4, -0.2) is 17.1 Å². The van der Waals surface area contributed by atoms with E-state index >= 15 is 0 Å². The lowest BCUT2D eigenvalue weighted by atomic mass is 10.1. The minimum atomic E-state index is -2.13. The Morgan fingerprint density at radius 3 is 1.48 bits per heavy atom. The van der Waals surface area contributed by atoms with Gasteiger partial charge >= 0.3 is 0 Å². The van der Waals surface area contributed by atoms with E-state index in [0.717, 1.165) is 12.8 Å². The summed E-state index contributed by atoms with van der Waals surface area (Å²) in [4.78, 5) is 0. The number of allylic oxidation sites excluding steroid dienone is 8. The molecule has 0 nitrogen and oxygen atoms in total. The second-order valence-corrected chi connectivity index (χ2v) is 15.0. The molecule has 25 heavy (non-hydrogen) atoms. The van der Waals surface area contributed by atoms with Crippen molar-refractivity contribution in [1.29, 1.82) is 0 Å². The zero-order valence-electron chi connectivity index (χ0n) is 16.8. The first-order valence-electron chi connectivity index (χ1n) is 9.81. The minimum absolute atomic E-state index is 0.399. The molecule has 2 aliphatic rings. The number of hydrogen-bond donors (Lipinski definition) is 0. The molecule has 0 bridgehead atoms. The van der Waals surface area contributed by atoms with Crippen molar-refractivity contribution in [1.82, 2.24) is 0 Å². The topological polar surface area (TPSA) is 0 Å². The van der Waals surface area contributed by atoms with Crippen LogP contribution in [0.4, 0.5) is 0 Å². The van der Waals surface area contributed by atoms with Gasteiger partial charge in [0.25, 0.3) is 0 Å². The molecule has 0 radical (unpaired) electrons. The second kappa shape index (κ2) is 7.78. The molecule has 0 heterocycles. The van der Waals surface area contributed by atoms with Crippen LogP contribution in [0.2, 0.25) is 13.1 Å². The number of unbranched alkanes of at least 4 members (excludes halogenated alkanes) is 2. The third-order valence-electron chi connectivity index (χ3n) is 6.18. The summed E-state index contributed by atoms with van der Waals surface area (Å²) in [5, 5.41) is 0. The first-order valence-corrected chi connectivity index (χ1v) is 13.6. The first-order chi connectivity index (χ1) is 11.6. The van der Waals surface area contributed by atoms with Gasteiger partial charge in [0.2, 0.25) is 0 Å². The molecular formula is C22H34Cl2Si. The molecule has 0 spiro atoms. The molecule has 0 N–H and O–H groups in total. The Bertz CT molecular complexity index is 584. The zero-order valence-corrected chi connectivity index (χ0v) is 19.3. The Balaban J connectivity index is 2.37. The Morgan fingerprint density at radius 2 is 1.16 bits per heavy atom. The molecule has 140 valence electrons. The van der Waals surface area contributed by atoms with E-state index in [-0.39, 0.29) is 0 Å². The smallest absolute Gasteiger partial charge is 0.114 e. The van der Waals surface area contributed by atoms with Crippen LogP contribution in [0.25, 0.3) is 0 Å². The lowest BCUT2D eigenvalue weighted by Gasteiger charge is -2.47. The lowest BCUT2D eigenvalue weighted by molar-refractivity contribution is 0.797. The third kappa shape index (κ3) is 3.62. The molecule has 0 aromatic carbocycles. The quantitative estimate of drug-likeness (QED) is 0.289. The van der Waals surface area contributed by atoms with Crippen molar-refractivity contribution in [2.24, 2.45) is 0 Å². The molecule has 2 unspecified atom stereocenters. The maximum Gasteiger partial charge on any atom is 0.115 e. The normalized spacial score (nSPS) is 29.4. The fourth-order valence-corrected chi connectivity index (χ4v) is 9.42. The van der Waals surface area contributed by atoms with E-state index in [1.165, 1.54) is 48.0 Å². The average molecular weight is 398 g/mol. The van der Waals surface area contributed by atoms with E-state index in [0.29, 0.717) is 0 Å². The van der Waals surface area contributed by atoms with Gasteiger partial charge in [0.15, 0.2) is 0 Å². The van der Waals surface area contributed by atoms with Crippen molar-refractivity contribution in [3.63, 3.8) is 0 Å². The van der Waals surface area contributed by atoms with Crippen LogP contribution < -0.4 is 0 Å². The number of rotatable bonds is 8. The van der Waals surface area contributed by atoms with Crippen molar-refractivity contribution in [3.8, 4) is 0 Å². The predicted molar refractivity (Wildman–Crippen MR) is 117 cm³/mol. The average Bonchev–Trinajstić information content (AvgIpc) is 3.02. The van der Waals surface area contributed by atoms with E-state index in [4.69, 9.17) is 23.2 Å². The van der Waals surface area contributed by atoms with Gasteiger partial charge in [0, 0.05) is 0 Å². The Kier molecular flexibility index (Phi) is 6.56. The van der Waals surface area contributed by atoms with Crippen LogP contribution in [0.1, 0.15) is 66.2 Å². The summed E-state index contributed by atoms with van der Waals surface area (Å²) >= 11 is 14.7. The zero-order chi connectivity index (χ0) is 18.9. The van der Waals surface area contributed by atoms with Crippen LogP contribution in [0.15, 0.2) is 46.6 Å².